The Labute approximate surface area is 186 Å². The highest BCUT2D eigenvalue weighted by atomic mass is 16.5. The van der Waals surface area contributed by atoms with Gasteiger partial charge in [-0.05, 0) is 67.3 Å². The van der Waals surface area contributed by atoms with E-state index < -0.39 is 0 Å². The smallest absolute Gasteiger partial charge is 0.120 e. The molecule has 2 aromatic carbocycles. The minimum atomic E-state index is 0.550. The second-order valence-electron chi connectivity index (χ2n) is 9.16. The van der Waals surface area contributed by atoms with Gasteiger partial charge >= 0.3 is 0 Å². The minimum Gasteiger partial charge on any atom is -0.489 e. The van der Waals surface area contributed by atoms with Gasteiger partial charge in [-0.2, -0.15) is 0 Å². The van der Waals surface area contributed by atoms with E-state index in [-0.39, 0.29) is 0 Å². The van der Waals surface area contributed by atoms with Gasteiger partial charge in [0.2, 0.25) is 0 Å². The zero-order valence-corrected chi connectivity index (χ0v) is 18.8. The van der Waals surface area contributed by atoms with Crippen LogP contribution in [0.2, 0.25) is 0 Å². The van der Waals surface area contributed by atoms with Gasteiger partial charge in [0.15, 0.2) is 0 Å². The lowest BCUT2D eigenvalue weighted by Gasteiger charge is -2.40. The molecule has 0 amide bonds. The molecule has 2 aromatic rings. The predicted molar refractivity (Wildman–Crippen MR) is 125 cm³/mol. The molecule has 5 rings (SSSR count). The first-order chi connectivity index (χ1) is 15.3. The van der Waals surface area contributed by atoms with Crippen LogP contribution in [0.15, 0.2) is 42.5 Å². The van der Waals surface area contributed by atoms with Crippen molar-refractivity contribution < 1.29 is 9.47 Å². The Morgan fingerprint density at radius 3 is 2.48 bits per heavy atom. The summed E-state index contributed by atoms with van der Waals surface area (Å²) in [7, 11) is 2.23. The fourth-order valence-corrected chi connectivity index (χ4v) is 5.15. The number of nitrogens with zero attached hydrogens (tertiary/aromatic N) is 3. The van der Waals surface area contributed by atoms with Crippen molar-refractivity contribution >= 4 is 5.69 Å². The van der Waals surface area contributed by atoms with Crippen LogP contribution in [0.4, 0.5) is 5.69 Å². The summed E-state index contributed by atoms with van der Waals surface area (Å²) in [6, 6.07) is 16.1. The number of benzene rings is 2. The molecule has 0 N–H and O–H groups in total. The molecule has 0 saturated carbocycles. The van der Waals surface area contributed by atoms with Gasteiger partial charge in [0.25, 0.3) is 0 Å². The number of hydrogen-bond acceptors (Lipinski definition) is 5. The quantitative estimate of drug-likeness (QED) is 0.734. The van der Waals surface area contributed by atoms with Crippen LogP contribution in [0.25, 0.3) is 0 Å². The van der Waals surface area contributed by atoms with Gasteiger partial charge in [-0.1, -0.05) is 18.2 Å². The van der Waals surface area contributed by atoms with E-state index in [9.17, 15) is 0 Å². The summed E-state index contributed by atoms with van der Waals surface area (Å²) in [4.78, 5) is 7.51. The maximum Gasteiger partial charge on any atom is 0.120 e. The van der Waals surface area contributed by atoms with Crippen LogP contribution in [0.1, 0.15) is 35.6 Å². The number of hydrogen-bond donors (Lipinski definition) is 0. The van der Waals surface area contributed by atoms with Crippen LogP contribution in [-0.2, 0) is 17.8 Å². The highest BCUT2D eigenvalue weighted by molar-refractivity contribution is 5.48. The summed E-state index contributed by atoms with van der Waals surface area (Å²) in [5, 5.41) is 0. The summed E-state index contributed by atoms with van der Waals surface area (Å²) >= 11 is 0. The number of aryl methyl sites for hydroxylation is 1. The molecule has 0 aromatic heterocycles. The van der Waals surface area contributed by atoms with E-state index in [1.807, 2.05) is 0 Å². The number of rotatable bonds is 5. The monoisotopic (exact) mass is 421 g/mol. The molecule has 1 aliphatic carbocycles. The maximum absolute atomic E-state index is 6.24. The molecular formula is C26H35N3O2. The molecule has 5 heteroatoms. The Hall–Kier alpha value is -2.08. The van der Waals surface area contributed by atoms with Gasteiger partial charge in [0.1, 0.15) is 12.4 Å². The molecular weight excluding hydrogens is 386 g/mol. The van der Waals surface area contributed by atoms with Crippen LogP contribution in [-0.4, -0.2) is 69.3 Å². The molecule has 0 bridgehead atoms. The van der Waals surface area contributed by atoms with Gasteiger partial charge < -0.3 is 19.3 Å². The first kappa shape index (κ1) is 20.8. The van der Waals surface area contributed by atoms with E-state index in [1.165, 1.54) is 67.8 Å². The van der Waals surface area contributed by atoms with Crippen LogP contribution in [0.3, 0.4) is 0 Å². The summed E-state index contributed by atoms with van der Waals surface area (Å²) in [6.07, 6.45) is 3.76. The third kappa shape index (κ3) is 4.89. The molecule has 3 aliphatic rings. The van der Waals surface area contributed by atoms with Crippen molar-refractivity contribution in [1.29, 1.82) is 0 Å². The Bertz CT molecular complexity index is 855. The molecule has 2 heterocycles. The first-order valence-electron chi connectivity index (χ1n) is 11.9. The van der Waals surface area contributed by atoms with Gasteiger partial charge in [-0.15, -0.1) is 0 Å². The molecule has 31 heavy (non-hydrogen) atoms. The predicted octanol–water partition coefficient (Wildman–Crippen LogP) is 3.73. The highest BCUT2D eigenvalue weighted by Gasteiger charge is 2.28. The molecule has 1 unspecified atom stereocenters. The molecule has 0 spiro atoms. The summed E-state index contributed by atoms with van der Waals surface area (Å²) < 4.78 is 11.7. The maximum atomic E-state index is 6.24. The van der Waals surface area contributed by atoms with E-state index in [2.05, 4.69) is 64.2 Å². The number of anilines is 1. The number of piperazine rings is 1. The van der Waals surface area contributed by atoms with Crippen LogP contribution in [0, 0.1) is 0 Å². The highest BCUT2D eigenvalue weighted by Crippen LogP contribution is 2.37. The van der Waals surface area contributed by atoms with E-state index in [0.29, 0.717) is 12.6 Å². The summed E-state index contributed by atoms with van der Waals surface area (Å²) in [6.45, 7) is 8.87. The third-order valence-electron chi connectivity index (χ3n) is 7.10. The second-order valence-corrected chi connectivity index (χ2v) is 9.16. The molecule has 166 valence electrons. The van der Waals surface area contributed by atoms with Crippen molar-refractivity contribution in [2.45, 2.75) is 31.9 Å². The van der Waals surface area contributed by atoms with Gasteiger partial charge in [-0.25, -0.2) is 0 Å². The Balaban J connectivity index is 1.24. The Morgan fingerprint density at radius 1 is 0.935 bits per heavy atom. The van der Waals surface area contributed by atoms with Gasteiger partial charge in [0, 0.05) is 51.0 Å². The number of fused-ring (bicyclic) bond motifs is 1. The van der Waals surface area contributed by atoms with Crippen LogP contribution in [0.5, 0.6) is 5.75 Å². The topological polar surface area (TPSA) is 28.2 Å². The third-order valence-corrected chi connectivity index (χ3v) is 7.10. The lowest BCUT2D eigenvalue weighted by atomic mass is 9.86. The van der Waals surface area contributed by atoms with E-state index in [4.69, 9.17) is 9.47 Å². The average molecular weight is 422 g/mol. The van der Waals surface area contributed by atoms with Crippen LogP contribution < -0.4 is 9.64 Å². The average Bonchev–Trinajstić information content (AvgIpc) is 2.84. The van der Waals surface area contributed by atoms with E-state index in [1.54, 1.807) is 0 Å². The van der Waals surface area contributed by atoms with Gasteiger partial charge in [0.05, 0.1) is 13.2 Å². The second kappa shape index (κ2) is 9.60. The normalized spacial score (nSPS) is 22.9. The SMILES string of the molecule is CN1CCN(C2CCCc3ccc(OCc4ccc(N5CCOCC5)cc4)cc32)CC1. The van der Waals surface area contributed by atoms with Crippen LogP contribution >= 0.6 is 0 Å². The van der Waals surface area contributed by atoms with Crippen molar-refractivity contribution in [2.24, 2.45) is 0 Å². The largest absolute Gasteiger partial charge is 0.489 e. The fourth-order valence-electron chi connectivity index (χ4n) is 5.15. The number of ether oxygens (including phenoxy) is 2. The molecule has 2 fully saturated rings. The zero-order chi connectivity index (χ0) is 21.0. The molecule has 2 saturated heterocycles. The van der Waals surface area contributed by atoms with Crippen molar-refractivity contribution in [3.05, 3.63) is 59.2 Å². The molecule has 2 aliphatic heterocycles. The number of likely N-dealkylation sites (N-methyl/N-ethyl adjacent to an activating group) is 1. The Kier molecular flexibility index (Phi) is 6.44. The van der Waals surface area contributed by atoms with E-state index >= 15 is 0 Å². The van der Waals surface area contributed by atoms with Crippen molar-refractivity contribution in [3.63, 3.8) is 0 Å². The standard InChI is InChI=1S/C26H35N3O2/c1-27-11-13-29(14-12-27)26-4-2-3-22-7-10-24(19-25(22)26)31-20-21-5-8-23(9-6-21)28-15-17-30-18-16-28/h5-10,19,26H,2-4,11-18,20H2,1H3. The van der Waals surface area contributed by atoms with E-state index in [0.717, 1.165) is 32.1 Å². The number of morpholine rings is 1. The molecule has 0 radical (unpaired) electrons. The summed E-state index contributed by atoms with van der Waals surface area (Å²) in [5.41, 5.74) is 5.49. The van der Waals surface area contributed by atoms with Crippen molar-refractivity contribution in [1.82, 2.24) is 9.80 Å². The van der Waals surface area contributed by atoms with Gasteiger partial charge in [-0.3, -0.25) is 4.90 Å². The Morgan fingerprint density at radius 2 is 1.71 bits per heavy atom. The lowest BCUT2D eigenvalue weighted by molar-refractivity contribution is 0.102. The van der Waals surface area contributed by atoms with Crippen molar-refractivity contribution in [2.75, 3.05) is 64.4 Å². The molecule has 5 nitrogen and oxygen atoms in total. The minimum absolute atomic E-state index is 0.550. The zero-order valence-electron chi connectivity index (χ0n) is 18.8. The summed E-state index contributed by atoms with van der Waals surface area (Å²) in [5.74, 6) is 0.997. The molecule has 1 atom stereocenters. The lowest BCUT2D eigenvalue weighted by Crippen LogP contribution is -2.46. The fraction of sp³-hybridized carbons (Fsp3) is 0.538. The van der Waals surface area contributed by atoms with Crippen molar-refractivity contribution in [3.8, 4) is 5.75 Å². The first-order valence-corrected chi connectivity index (χ1v) is 11.9.